The number of para-hydroxylation sites is 7. The third kappa shape index (κ3) is 8.93. The van der Waals surface area contributed by atoms with Crippen LogP contribution in [0.1, 0.15) is 0 Å². The molecule has 0 aliphatic heterocycles. The number of thiophene rings is 3. The predicted molar refractivity (Wildman–Crippen MR) is 495 cm³/mol. The zero-order valence-corrected chi connectivity index (χ0v) is 64.1. The molecule has 0 saturated heterocycles. The van der Waals surface area contributed by atoms with Crippen molar-refractivity contribution in [3.05, 3.63) is 340 Å². The Kier molecular flexibility index (Phi) is 12.8. The summed E-state index contributed by atoms with van der Waals surface area (Å²) >= 11 is 5.60. The topological polar surface area (TPSA) is 77.7 Å². The first kappa shape index (κ1) is 63.0. The Bertz CT molecular complexity index is 9320. The fraction of sp³-hybridized carbons (Fsp3) is 0. The van der Waals surface area contributed by atoms with Crippen molar-refractivity contribution in [2.45, 2.75) is 0 Å². The maximum absolute atomic E-state index is 5.25. The molecule has 12 aromatic heterocycles. The van der Waals surface area contributed by atoms with Crippen LogP contribution in [-0.4, -0.2) is 38.1 Å². The van der Waals surface area contributed by atoms with Crippen LogP contribution < -0.4 is 0 Å². The van der Waals surface area contributed by atoms with Crippen LogP contribution in [0.3, 0.4) is 0 Å². The molecule has 0 amide bonds. The number of fused-ring (bicyclic) bond motifs is 32. The van der Waals surface area contributed by atoms with Crippen molar-refractivity contribution in [2.24, 2.45) is 0 Å². The van der Waals surface area contributed by atoms with Crippen LogP contribution in [0.2, 0.25) is 0 Å². The fourth-order valence-electron chi connectivity index (χ4n) is 19.4. The lowest BCUT2D eigenvalue weighted by Gasteiger charge is -2.07. The fourth-order valence-corrected chi connectivity index (χ4v) is 22.7. The average Bonchev–Trinajstić information content (AvgIpc) is 1.54. The summed E-state index contributed by atoms with van der Waals surface area (Å²) in [6, 6.07) is 123. The van der Waals surface area contributed by atoms with E-state index in [1.54, 1.807) is 0 Å². The second kappa shape index (κ2) is 23.5. The Hall–Kier alpha value is -14.6. The van der Waals surface area contributed by atoms with Crippen LogP contribution in [-0.2, 0) is 0 Å². The van der Waals surface area contributed by atoms with Gasteiger partial charge < -0.3 is 0 Å². The first-order chi connectivity index (χ1) is 57.4. The summed E-state index contributed by atoms with van der Waals surface area (Å²) in [5, 5.41) is 26.6. The molecule has 0 fully saturated rings. The highest BCUT2D eigenvalue weighted by atomic mass is 32.1. The Morgan fingerprint density at radius 1 is 0.181 bits per heavy atom. The van der Waals surface area contributed by atoms with Crippen LogP contribution in [0.15, 0.2) is 340 Å². The lowest BCUT2D eigenvalue weighted by atomic mass is 9.97. The smallest absolute Gasteiger partial charge is 0.165 e. The van der Waals surface area contributed by atoms with Crippen molar-refractivity contribution < 1.29 is 0 Å². The molecule has 0 bridgehead atoms. The van der Waals surface area contributed by atoms with E-state index in [4.69, 9.17) is 24.9 Å². The van der Waals surface area contributed by atoms with Gasteiger partial charge in [0.1, 0.15) is 16.7 Å². The Labute approximate surface area is 670 Å². The van der Waals surface area contributed by atoms with Gasteiger partial charge in [-0.2, -0.15) is 0 Å². The van der Waals surface area contributed by atoms with Gasteiger partial charge in [0.25, 0.3) is 0 Å². The van der Waals surface area contributed by atoms with Gasteiger partial charge in [-0.1, -0.05) is 218 Å². The third-order valence-electron chi connectivity index (χ3n) is 24.7. The lowest BCUT2D eigenvalue weighted by Crippen LogP contribution is -1.88. The molecule has 0 saturated carbocycles. The number of benzene rings is 17. The largest absolute Gasteiger partial charge is 0.293 e. The van der Waals surface area contributed by atoms with Gasteiger partial charge in [-0.05, 0) is 176 Å². The van der Waals surface area contributed by atoms with E-state index in [2.05, 4.69) is 304 Å². The molecule has 8 nitrogen and oxygen atoms in total. The summed E-state index contributed by atoms with van der Waals surface area (Å²) in [5.41, 5.74) is 24.4. The van der Waals surface area contributed by atoms with Gasteiger partial charge in [-0.25, -0.2) is 24.9 Å². The second-order valence-corrected chi connectivity index (χ2v) is 34.2. The van der Waals surface area contributed by atoms with Crippen molar-refractivity contribution in [3.63, 3.8) is 0 Å². The van der Waals surface area contributed by atoms with Crippen LogP contribution in [0.25, 0.3) is 263 Å². The molecule has 116 heavy (non-hydrogen) atoms. The predicted octanol–water partition coefficient (Wildman–Crippen LogP) is 29.4. The average molecular weight is 1530 g/mol. The molecule has 0 N–H and O–H groups in total. The van der Waals surface area contributed by atoms with E-state index < -0.39 is 0 Å². The van der Waals surface area contributed by atoms with E-state index >= 15 is 0 Å². The molecule has 12 heterocycles. The normalized spacial score (nSPS) is 12.5. The molecule has 534 valence electrons. The van der Waals surface area contributed by atoms with Crippen LogP contribution >= 0.6 is 34.0 Å². The second-order valence-electron chi connectivity index (χ2n) is 30.9. The summed E-state index contributed by atoms with van der Waals surface area (Å²) in [7, 11) is 0. The number of hydrogen-bond acceptors (Lipinski definition) is 8. The zero-order valence-electron chi connectivity index (χ0n) is 61.6. The summed E-state index contributed by atoms with van der Waals surface area (Å²) in [4.78, 5) is 25.5. The van der Waals surface area contributed by atoms with E-state index in [9.17, 15) is 0 Å². The van der Waals surface area contributed by atoms with Gasteiger partial charge in [0.15, 0.2) is 11.3 Å². The maximum Gasteiger partial charge on any atom is 0.165 e. The van der Waals surface area contributed by atoms with Crippen molar-refractivity contribution in [1.82, 2.24) is 38.1 Å². The van der Waals surface area contributed by atoms with Crippen LogP contribution in [0, 0.1) is 0 Å². The Morgan fingerprint density at radius 2 is 0.586 bits per heavy atom. The summed E-state index contributed by atoms with van der Waals surface area (Å²) < 4.78 is 14.9. The van der Waals surface area contributed by atoms with Crippen molar-refractivity contribution in [1.29, 1.82) is 0 Å². The molecule has 11 heteroatoms. The number of rotatable bonds is 3. The highest BCUT2D eigenvalue weighted by Gasteiger charge is 2.26. The third-order valence-corrected chi connectivity index (χ3v) is 28.1. The number of aromatic nitrogens is 8. The molecule has 17 aromatic carbocycles. The zero-order chi connectivity index (χ0) is 75.3. The van der Waals surface area contributed by atoms with Crippen molar-refractivity contribution in [3.8, 4) is 33.4 Å². The summed E-state index contributed by atoms with van der Waals surface area (Å²) in [6.07, 6.45) is 0. The molecule has 29 aromatic rings. The summed E-state index contributed by atoms with van der Waals surface area (Å²) in [6.45, 7) is 0. The van der Waals surface area contributed by atoms with Gasteiger partial charge in [-0.15, -0.1) is 34.0 Å². The number of hydrogen-bond donors (Lipinski definition) is 0. The van der Waals surface area contributed by atoms with Gasteiger partial charge in [0, 0.05) is 120 Å². The monoisotopic (exact) mass is 1520 g/mol. The van der Waals surface area contributed by atoms with Gasteiger partial charge in [0.2, 0.25) is 0 Å². The molecule has 0 radical (unpaired) electrons. The SMILES string of the molecule is c1ccc(-c2ccc3sc4cc5c(cc4c3c2)c2cccc3c4nc6ccccc6nc4n5c23)cc1.c1ccc2c(-c3ccc4sc5cc6c(cc5c4c3)c3cccc4c5nc7ccccc7nc5n6c34)cccc2c1.c1ccc2cc(-c3cc4c5cc6c(cc5n5c7nc8ccccc8cc7c(c3)c45)sc3ccccc36)ccc2c1. The highest BCUT2D eigenvalue weighted by Crippen LogP contribution is 2.50. The van der Waals surface area contributed by atoms with Crippen LogP contribution in [0.5, 0.6) is 0 Å². The highest BCUT2D eigenvalue weighted by molar-refractivity contribution is 7.26. The molecule has 0 aliphatic carbocycles. The summed E-state index contributed by atoms with van der Waals surface area (Å²) in [5.74, 6) is 0. The van der Waals surface area contributed by atoms with Crippen molar-refractivity contribution >= 4 is 264 Å². The quantitative estimate of drug-likeness (QED) is 0.176. The van der Waals surface area contributed by atoms with E-state index in [-0.39, 0.29) is 0 Å². The minimum atomic E-state index is 0.924. The first-order valence-corrected chi connectivity index (χ1v) is 41.7. The first-order valence-electron chi connectivity index (χ1n) is 39.2. The standard InChI is InChI=1S/C37H20N2S.C36H19N3S.C32H17N3S/c1-2-8-22-15-23(14-13-21(22)7-1)25-17-29-27-19-28-26-10-4-6-12-34(26)40-35(28)20-33(27)39-36(29)30(18-25)31-16-24-9-3-5-11-32(24)38-37(31)39;1-2-9-22-20(7-1)8-5-10-23(22)21-15-16-32-27(17-21)28-18-26-24-11-6-12-25-34-36(38-30-14-4-3-13-29(30)37-34)39(35(24)25)31(26)19-33(28)40-32;1-2-7-18(8-3-1)19-13-14-28-23(15-19)24-16-22-20-9-6-10-21-30-32(34-26-12-5-4-11-25(26)33-30)35(31(20)21)27(22)17-29(24)36-28/h1-20H;1-19H;1-17H. The number of pyridine rings is 1. The molecular weight excluding hydrogens is 1470 g/mol. The maximum atomic E-state index is 5.25. The molecule has 0 atom stereocenters. The van der Waals surface area contributed by atoms with E-state index in [1.807, 2.05) is 82.5 Å². The molecule has 0 spiro atoms. The molecule has 29 rings (SSSR count). The molecule has 0 aliphatic rings. The number of nitrogens with zero attached hydrogens (tertiary/aromatic N) is 8. The lowest BCUT2D eigenvalue weighted by molar-refractivity contribution is 1.28. The minimum absolute atomic E-state index is 0.924. The van der Waals surface area contributed by atoms with Gasteiger partial charge in [0.05, 0.1) is 60.7 Å². The van der Waals surface area contributed by atoms with Crippen LogP contribution in [0.4, 0.5) is 0 Å². The molecule has 0 unspecified atom stereocenters. The Balaban J connectivity index is 0.0000000933. The Morgan fingerprint density at radius 3 is 1.22 bits per heavy atom. The van der Waals surface area contributed by atoms with Gasteiger partial charge >= 0.3 is 0 Å². The van der Waals surface area contributed by atoms with E-state index in [0.717, 1.165) is 66.3 Å². The van der Waals surface area contributed by atoms with Gasteiger partial charge in [-0.3, -0.25) is 13.2 Å². The van der Waals surface area contributed by atoms with E-state index in [0.29, 0.717) is 0 Å². The minimum Gasteiger partial charge on any atom is -0.293 e. The van der Waals surface area contributed by atoms with Crippen molar-refractivity contribution in [2.75, 3.05) is 0 Å². The molecular formula is C105H56N8S3. The van der Waals surface area contributed by atoms with E-state index in [1.165, 1.54) is 197 Å².